The van der Waals surface area contributed by atoms with Crippen molar-refractivity contribution >= 4 is 17.9 Å². The maximum atomic E-state index is 13.2. The molecule has 1 spiro atoms. The van der Waals surface area contributed by atoms with Crippen molar-refractivity contribution in [3.8, 4) is 0 Å². The van der Waals surface area contributed by atoms with Gasteiger partial charge in [-0.1, -0.05) is 24.6 Å². The van der Waals surface area contributed by atoms with Crippen LogP contribution in [0.5, 0.6) is 0 Å². The average Bonchev–Trinajstić information content (AvgIpc) is 3.36. The van der Waals surface area contributed by atoms with E-state index in [1.165, 1.54) is 13.0 Å². The second-order valence-electron chi connectivity index (χ2n) is 11.8. The van der Waals surface area contributed by atoms with Gasteiger partial charge in [-0.2, -0.15) is 0 Å². The molecule has 2 aliphatic carbocycles. The largest absolute Gasteiger partial charge is 0.472 e. The Bertz CT molecular complexity index is 1190. The number of carbonyl (C=O) groups is 3. The van der Waals surface area contributed by atoms with E-state index in [0.29, 0.717) is 19.3 Å². The van der Waals surface area contributed by atoms with Crippen molar-refractivity contribution in [3.05, 3.63) is 48.0 Å². The topological polar surface area (TPSA) is 105 Å². The number of cyclic esters (lactones) is 2. The van der Waals surface area contributed by atoms with Crippen LogP contribution in [0.25, 0.3) is 0 Å². The molecule has 0 unspecified atom stereocenters. The van der Waals surface area contributed by atoms with Crippen molar-refractivity contribution in [3.63, 3.8) is 0 Å². The van der Waals surface area contributed by atoms with Gasteiger partial charge in [-0.05, 0) is 52.0 Å². The third-order valence-corrected chi connectivity index (χ3v) is 9.66. The van der Waals surface area contributed by atoms with Crippen LogP contribution in [0.3, 0.4) is 0 Å². The third-order valence-electron chi connectivity index (χ3n) is 9.66. The molecule has 8 nitrogen and oxygen atoms in total. The van der Waals surface area contributed by atoms with Gasteiger partial charge in [0.25, 0.3) is 0 Å². The second-order valence-corrected chi connectivity index (χ2v) is 11.8. The molecule has 36 heavy (non-hydrogen) atoms. The fourth-order valence-electron chi connectivity index (χ4n) is 8.07. The number of carbonyl (C=O) groups excluding carboxylic acids is 3. The van der Waals surface area contributed by atoms with Crippen LogP contribution in [0.2, 0.25) is 0 Å². The Kier molecular flexibility index (Phi) is 4.80. The molecule has 192 valence electrons. The van der Waals surface area contributed by atoms with Gasteiger partial charge < -0.3 is 23.4 Å². The average molecular weight is 497 g/mol. The van der Waals surface area contributed by atoms with Gasteiger partial charge in [-0.25, -0.2) is 9.59 Å². The van der Waals surface area contributed by atoms with E-state index in [1.807, 2.05) is 26.0 Å². The molecule has 8 heteroatoms. The summed E-state index contributed by atoms with van der Waals surface area (Å²) in [6, 6.07) is 1.82. The van der Waals surface area contributed by atoms with Gasteiger partial charge in [-0.15, -0.1) is 0 Å². The molecule has 2 saturated heterocycles. The Hall–Kier alpha value is -2.87. The Balaban J connectivity index is 1.55. The van der Waals surface area contributed by atoms with Gasteiger partial charge in [0.1, 0.15) is 23.4 Å². The molecule has 0 N–H and O–H groups in total. The van der Waals surface area contributed by atoms with Gasteiger partial charge in [0.15, 0.2) is 6.10 Å². The lowest BCUT2D eigenvalue weighted by Gasteiger charge is -2.61. The summed E-state index contributed by atoms with van der Waals surface area (Å²) in [5.74, 6) is -1.24. The zero-order chi connectivity index (χ0) is 25.7. The maximum Gasteiger partial charge on any atom is 0.339 e. The lowest BCUT2D eigenvalue weighted by molar-refractivity contribution is -0.198. The van der Waals surface area contributed by atoms with E-state index >= 15 is 0 Å². The summed E-state index contributed by atoms with van der Waals surface area (Å²) >= 11 is 0. The Morgan fingerprint density at radius 3 is 2.61 bits per heavy atom. The highest BCUT2D eigenvalue weighted by atomic mass is 16.7. The number of hydrogen-bond donors (Lipinski definition) is 0. The molecule has 8 atom stereocenters. The van der Waals surface area contributed by atoms with E-state index in [-0.39, 0.29) is 17.8 Å². The number of epoxide rings is 1. The van der Waals surface area contributed by atoms with Crippen molar-refractivity contribution in [2.45, 2.75) is 83.4 Å². The first-order chi connectivity index (χ1) is 17.0. The van der Waals surface area contributed by atoms with Crippen LogP contribution in [-0.4, -0.2) is 41.3 Å². The smallest absolute Gasteiger partial charge is 0.339 e. The molecule has 0 radical (unpaired) electrons. The van der Waals surface area contributed by atoms with Crippen molar-refractivity contribution in [2.24, 2.45) is 22.7 Å². The summed E-state index contributed by atoms with van der Waals surface area (Å²) in [5.41, 5.74) is -1.22. The van der Waals surface area contributed by atoms with Crippen LogP contribution >= 0.6 is 0 Å². The van der Waals surface area contributed by atoms with Crippen LogP contribution in [-0.2, 0) is 33.3 Å². The van der Waals surface area contributed by atoms with Crippen molar-refractivity contribution < 1.29 is 37.7 Å². The number of furan rings is 1. The number of ether oxygens (including phenoxy) is 4. The SMILES string of the molecule is CC(=O)O[C@@H]1C[C@H]2[C@H](CC=CC(=O)OC2(C)C)C2=CC[C@@]3(C)[C@H](c4ccoc4)OC(=O)[C@H]4O[C@]43[C@@]21C. The summed E-state index contributed by atoms with van der Waals surface area (Å²) in [6.45, 7) is 9.41. The number of esters is 3. The first-order valence-electron chi connectivity index (χ1n) is 12.6. The minimum absolute atomic E-state index is 0.0234. The summed E-state index contributed by atoms with van der Waals surface area (Å²) in [4.78, 5) is 38.0. The highest BCUT2D eigenvalue weighted by molar-refractivity contribution is 5.83. The molecule has 1 aromatic rings. The fourth-order valence-corrected chi connectivity index (χ4v) is 8.07. The van der Waals surface area contributed by atoms with E-state index in [4.69, 9.17) is 23.4 Å². The third kappa shape index (κ3) is 2.82. The summed E-state index contributed by atoms with van der Waals surface area (Å²) in [7, 11) is 0. The molecule has 0 aromatic carbocycles. The first kappa shape index (κ1) is 23.5. The van der Waals surface area contributed by atoms with E-state index < -0.39 is 52.3 Å². The molecular formula is C28H32O8. The van der Waals surface area contributed by atoms with E-state index in [1.54, 1.807) is 12.5 Å². The normalized spacial score (nSPS) is 44.2. The molecule has 6 rings (SSSR count). The van der Waals surface area contributed by atoms with Crippen LogP contribution in [0.4, 0.5) is 0 Å². The predicted molar refractivity (Wildman–Crippen MR) is 125 cm³/mol. The Labute approximate surface area is 210 Å². The monoisotopic (exact) mass is 496 g/mol. The molecule has 0 amide bonds. The molecule has 0 bridgehead atoms. The molecule has 5 aliphatic rings. The van der Waals surface area contributed by atoms with Crippen LogP contribution in [0, 0.1) is 22.7 Å². The van der Waals surface area contributed by atoms with Gasteiger partial charge in [0.2, 0.25) is 0 Å². The highest BCUT2D eigenvalue weighted by Gasteiger charge is 2.86. The Morgan fingerprint density at radius 1 is 1.14 bits per heavy atom. The van der Waals surface area contributed by atoms with Crippen LogP contribution < -0.4 is 0 Å². The first-order valence-corrected chi connectivity index (χ1v) is 12.6. The van der Waals surface area contributed by atoms with E-state index in [0.717, 1.165) is 11.1 Å². The molecule has 3 fully saturated rings. The van der Waals surface area contributed by atoms with Crippen molar-refractivity contribution in [2.75, 3.05) is 0 Å². The lowest BCUT2D eigenvalue weighted by atomic mass is 9.43. The number of fused-ring (bicyclic) bond motifs is 3. The predicted octanol–water partition coefficient (Wildman–Crippen LogP) is 4.21. The van der Waals surface area contributed by atoms with Gasteiger partial charge in [-0.3, -0.25) is 4.79 Å². The van der Waals surface area contributed by atoms with E-state index in [9.17, 15) is 14.4 Å². The summed E-state index contributed by atoms with van der Waals surface area (Å²) < 4.78 is 29.7. The van der Waals surface area contributed by atoms with E-state index in [2.05, 4.69) is 19.9 Å². The summed E-state index contributed by atoms with van der Waals surface area (Å²) in [5, 5.41) is 0. The lowest BCUT2D eigenvalue weighted by Crippen LogP contribution is -2.67. The minimum atomic E-state index is -0.917. The van der Waals surface area contributed by atoms with Gasteiger partial charge >= 0.3 is 17.9 Å². The molecule has 4 heterocycles. The number of allylic oxidation sites excluding steroid dienone is 2. The quantitative estimate of drug-likeness (QED) is 0.260. The maximum absolute atomic E-state index is 13.2. The molecule has 1 saturated carbocycles. The van der Waals surface area contributed by atoms with Crippen molar-refractivity contribution in [1.29, 1.82) is 0 Å². The summed E-state index contributed by atoms with van der Waals surface area (Å²) in [6.07, 6.45) is 8.60. The van der Waals surface area contributed by atoms with Crippen LogP contribution in [0.15, 0.2) is 46.8 Å². The second kappa shape index (κ2) is 7.34. The molecular weight excluding hydrogens is 464 g/mol. The standard InChI is InChI=1S/C28H32O8/c1-15(29)33-20-13-19-17(7-6-8-21(30)35-25(19,2)3)18-9-11-26(4)22(16-10-12-32-14-16)34-24(31)23-28(26,36-23)27(18,20)5/h6,8-10,12,14,17,19-20,22-23H,7,11,13H2,1-5H3/t17-,19+,20-,22+,23-,26+,27+,28-/m1/s1. The Morgan fingerprint density at radius 2 is 1.92 bits per heavy atom. The van der Waals surface area contributed by atoms with Crippen molar-refractivity contribution in [1.82, 2.24) is 0 Å². The molecule has 3 aliphatic heterocycles. The highest BCUT2D eigenvalue weighted by Crippen LogP contribution is 2.76. The number of rotatable bonds is 2. The number of hydrogen-bond acceptors (Lipinski definition) is 8. The zero-order valence-electron chi connectivity index (χ0n) is 21.2. The van der Waals surface area contributed by atoms with Gasteiger partial charge in [0.05, 0.1) is 17.9 Å². The van der Waals surface area contributed by atoms with Crippen LogP contribution in [0.1, 0.15) is 65.5 Å². The minimum Gasteiger partial charge on any atom is -0.472 e. The fraction of sp³-hybridized carbons (Fsp3) is 0.607. The van der Waals surface area contributed by atoms with Gasteiger partial charge in [0, 0.05) is 29.9 Å². The zero-order valence-corrected chi connectivity index (χ0v) is 21.2. The molecule has 1 aromatic heterocycles.